The van der Waals surface area contributed by atoms with E-state index in [0.29, 0.717) is 26.4 Å². The van der Waals surface area contributed by atoms with Crippen LogP contribution in [0.25, 0.3) is 0 Å². The third-order valence-corrected chi connectivity index (χ3v) is 1.06. The molecule has 0 aromatic carbocycles. The number of hydrogen-bond acceptors (Lipinski definition) is 3. The summed E-state index contributed by atoms with van der Waals surface area (Å²) in [6.07, 6.45) is 1.36. The van der Waals surface area contributed by atoms with Crippen LogP contribution in [0.1, 0.15) is 0 Å². The van der Waals surface area contributed by atoms with Crippen LogP contribution in [0.15, 0.2) is 12.8 Å². The smallest absolute Gasteiger partial charge is 0.113 e. The molecule has 0 aromatic rings. The van der Waals surface area contributed by atoms with E-state index in [9.17, 15) is 4.39 Å². The second-order valence-corrected chi connectivity index (χ2v) is 1.95. The van der Waals surface area contributed by atoms with E-state index in [1.807, 2.05) is 0 Å². The van der Waals surface area contributed by atoms with Gasteiger partial charge >= 0.3 is 0 Å². The molecule has 0 aromatic heterocycles. The molecule has 0 atom stereocenters. The number of rotatable bonds is 9. The molecule has 0 amide bonds. The van der Waals surface area contributed by atoms with E-state index < -0.39 is 6.67 Å². The highest BCUT2D eigenvalue weighted by Gasteiger charge is 1.88. The van der Waals surface area contributed by atoms with Gasteiger partial charge in [-0.25, -0.2) is 4.39 Å². The lowest BCUT2D eigenvalue weighted by Gasteiger charge is -2.03. The Morgan fingerprint density at radius 3 is 2.17 bits per heavy atom. The van der Waals surface area contributed by atoms with Crippen LogP contribution in [0.2, 0.25) is 0 Å². The van der Waals surface area contributed by atoms with Crippen LogP contribution >= 0.6 is 0 Å². The first kappa shape index (κ1) is 11.4. The minimum atomic E-state index is -0.445. The van der Waals surface area contributed by atoms with Crippen molar-refractivity contribution in [3.05, 3.63) is 12.8 Å². The van der Waals surface area contributed by atoms with E-state index >= 15 is 0 Å². The van der Waals surface area contributed by atoms with Crippen LogP contribution in [0.5, 0.6) is 0 Å². The Hall–Kier alpha value is -0.610. The van der Waals surface area contributed by atoms with Gasteiger partial charge in [0.25, 0.3) is 0 Å². The molecule has 3 nitrogen and oxygen atoms in total. The largest absolute Gasteiger partial charge is 0.499 e. The number of hydrogen-bond donors (Lipinski definition) is 0. The monoisotopic (exact) mass is 178 g/mol. The molecule has 12 heavy (non-hydrogen) atoms. The first-order chi connectivity index (χ1) is 5.91. The minimum Gasteiger partial charge on any atom is -0.499 e. The molecular weight excluding hydrogens is 163 g/mol. The molecular formula is C8H15FO3. The van der Waals surface area contributed by atoms with E-state index in [1.165, 1.54) is 6.26 Å². The van der Waals surface area contributed by atoms with Gasteiger partial charge in [-0.05, 0) is 0 Å². The Morgan fingerprint density at radius 2 is 1.58 bits per heavy atom. The van der Waals surface area contributed by atoms with Gasteiger partial charge in [-0.3, -0.25) is 0 Å². The summed E-state index contributed by atoms with van der Waals surface area (Å²) in [5, 5.41) is 0. The lowest BCUT2D eigenvalue weighted by molar-refractivity contribution is 0.0273. The Labute approximate surface area is 72.1 Å². The van der Waals surface area contributed by atoms with Crippen LogP contribution < -0.4 is 0 Å². The van der Waals surface area contributed by atoms with Crippen LogP contribution in [-0.2, 0) is 14.2 Å². The third kappa shape index (κ3) is 9.39. The summed E-state index contributed by atoms with van der Waals surface area (Å²) in [4.78, 5) is 0. The molecule has 0 heterocycles. The minimum absolute atomic E-state index is 0.145. The summed E-state index contributed by atoms with van der Waals surface area (Å²) in [5.74, 6) is 0. The Morgan fingerprint density at radius 1 is 1.00 bits per heavy atom. The Bertz CT molecular complexity index is 98.3. The van der Waals surface area contributed by atoms with Crippen molar-refractivity contribution in [2.75, 3.05) is 39.7 Å². The van der Waals surface area contributed by atoms with Crippen LogP contribution in [0.4, 0.5) is 4.39 Å². The van der Waals surface area contributed by atoms with Gasteiger partial charge in [0.2, 0.25) is 0 Å². The van der Waals surface area contributed by atoms with Crippen molar-refractivity contribution < 1.29 is 18.6 Å². The Balaban J connectivity index is 2.77. The fourth-order valence-electron chi connectivity index (χ4n) is 0.567. The highest BCUT2D eigenvalue weighted by atomic mass is 19.1. The van der Waals surface area contributed by atoms with E-state index in [-0.39, 0.29) is 6.61 Å². The summed E-state index contributed by atoms with van der Waals surface area (Å²) < 4.78 is 26.2. The van der Waals surface area contributed by atoms with Crippen LogP contribution in [0.3, 0.4) is 0 Å². The molecule has 0 aliphatic carbocycles. The fourth-order valence-corrected chi connectivity index (χ4v) is 0.567. The SMILES string of the molecule is C=COCCOCCOCCF. The molecule has 0 saturated heterocycles. The summed E-state index contributed by atoms with van der Waals surface area (Å²) in [6.45, 7) is 4.97. The van der Waals surface area contributed by atoms with Gasteiger partial charge in [0.1, 0.15) is 13.3 Å². The summed E-state index contributed by atoms with van der Waals surface area (Å²) in [6, 6.07) is 0. The lowest BCUT2D eigenvalue weighted by atomic mass is 10.7. The molecule has 0 aliphatic rings. The van der Waals surface area contributed by atoms with Crippen molar-refractivity contribution in [3.8, 4) is 0 Å². The van der Waals surface area contributed by atoms with Crippen molar-refractivity contribution in [2.24, 2.45) is 0 Å². The zero-order chi connectivity index (χ0) is 9.07. The number of alkyl halides is 1. The molecule has 72 valence electrons. The maximum Gasteiger partial charge on any atom is 0.113 e. The summed E-state index contributed by atoms with van der Waals surface area (Å²) in [7, 11) is 0. The molecule has 0 radical (unpaired) electrons. The second kappa shape index (κ2) is 10.4. The molecule has 0 spiro atoms. The highest BCUT2D eigenvalue weighted by Crippen LogP contribution is 1.81. The van der Waals surface area contributed by atoms with E-state index in [0.717, 1.165) is 0 Å². The summed E-state index contributed by atoms with van der Waals surface area (Å²) >= 11 is 0. The van der Waals surface area contributed by atoms with Crippen molar-refractivity contribution >= 4 is 0 Å². The van der Waals surface area contributed by atoms with Crippen molar-refractivity contribution in [2.45, 2.75) is 0 Å². The quantitative estimate of drug-likeness (QED) is 0.391. The third-order valence-electron chi connectivity index (χ3n) is 1.06. The van der Waals surface area contributed by atoms with Crippen LogP contribution in [0, 0.1) is 0 Å². The maximum atomic E-state index is 11.5. The molecule has 0 fully saturated rings. The Kier molecular flexibility index (Phi) is 9.86. The van der Waals surface area contributed by atoms with Crippen LogP contribution in [-0.4, -0.2) is 39.7 Å². The second-order valence-electron chi connectivity index (χ2n) is 1.95. The van der Waals surface area contributed by atoms with Gasteiger partial charge < -0.3 is 14.2 Å². The topological polar surface area (TPSA) is 27.7 Å². The zero-order valence-electron chi connectivity index (χ0n) is 7.13. The first-order valence-corrected chi connectivity index (χ1v) is 3.85. The lowest BCUT2D eigenvalue weighted by Crippen LogP contribution is -2.09. The van der Waals surface area contributed by atoms with Gasteiger partial charge in [-0.15, -0.1) is 0 Å². The zero-order valence-corrected chi connectivity index (χ0v) is 7.13. The predicted octanol–water partition coefficient (Wildman–Crippen LogP) is 1.15. The van der Waals surface area contributed by atoms with Gasteiger partial charge in [-0.1, -0.05) is 6.58 Å². The molecule has 0 N–H and O–H groups in total. The van der Waals surface area contributed by atoms with E-state index in [4.69, 9.17) is 14.2 Å². The number of halogens is 1. The van der Waals surface area contributed by atoms with Crippen molar-refractivity contribution in [3.63, 3.8) is 0 Å². The average molecular weight is 178 g/mol. The normalized spacial score (nSPS) is 9.75. The molecule has 0 aliphatic heterocycles. The molecule has 0 saturated carbocycles. The number of ether oxygens (including phenoxy) is 3. The van der Waals surface area contributed by atoms with Gasteiger partial charge in [0.05, 0.1) is 32.7 Å². The fraction of sp³-hybridized carbons (Fsp3) is 0.750. The van der Waals surface area contributed by atoms with Gasteiger partial charge in [-0.2, -0.15) is 0 Å². The standard InChI is InChI=1S/C8H15FO3/c1-2-10-5-6-12-8-7-11-4-3-9/h2H,1,3-8H2. The van der Waals surface area contributed by atoms with Gasteiger partial charge in [0.15, 0.2) is 0 Å². The van der Waals surface area contributed by atoms with Crippen molar-refractivity contribution in [1.82, 2.24) is 0 Å². The predicted molar refractivity (Wildman–Crippen MR) is 43.8 cm³/mol. The molecule has 4 heteroatoms. The average Bonchev–Trinajstić information content (AvgIpc) is 2.10. The molecule has 0 rings (SSSR count). The van der Waals surface area contributed by atoms with Crippen molar-refractivity contribution in [1.29, 1.82) is 0 Å². The van der Waals surface area contributed by atoms with E-state index in [2.05, 4.69) is 6.58 Å². The molecule has 0 unspecified atom stereocenters. The maximum absolute atomic E-state index is 11.5. The van der Waals surface area contributed by atoms with E-state index in [1.54, 1.807) is 0 Å². The highest BCUT2D eigenvalue weighted by molar-refractivity contribution is 4.47. The first-order valence-electron chi connectivity index (χ1n) is 3.85. The summed E-state index contributed by atoms with van der Waals surface area (Å²) in [5.41, 5.74) is 0. The molecule has 0 bridgehead atoms. The van der Waals surface area contributed by atoms with Gasteiger partial charge in [0, 0.05) is 0 Å².